The van der Waals surface area contributed by atoms with E-state index < -0.39 is 5.97 Å². The van der Waals surface area contributed by atoms with Crippen molar-refractivity contribution >= 4 is 17.6 Å². The van der Waals surface area contributed by atoms with E-state index in [0.717, 1.165) is 29.1 Å². The lowest BCUT2D eigenvalue weighted by Gasteiger charge is -2.57. The molecule has 0 atom stereocenters. The fourth-order valence-electron chi connectivity index (χ4n) is 6.72. The number of carboxylic acids is 1. The largest absolute Gasteiger partial charge is 0.496 e. The summed E-state index contributed by atoms with van der Waals surface area (Å²) in [6, 6.07) is 12.8. The summed E-state index contributed by atoms with van der Waals surface area (Å²) < 4.78 is 11.5. The summed E-state index contributed by atoms with van der Waals surface area (Å²) in [7, 11) is 3.38. The predicted octanol–water partition coefficient (Wildman–Crippen LogP) is 5.59. The van der Waals surface area contributed by atoms with Crippen LogP contribution < -0.4 is 4.74 Å². The summed E-state index contributed by atoms with van der Waals surface area (Å²) in [4.78, 5) is 15.8. The number of hydrogen-bond donors (Lipinski definition) is 1. The highest BCUT2D eigenvalue weighted by Crippen LogP contribution is 2.61. The number of benzene rings is 2. The predicted molar refractivity (Wildman–Crippen MR) is 119 cm³/mol. The Morgan fingerprint density at radius 1 is 0.935 bits per heavy atom. The molecule has 6 rings (SSSR count). The molecule has 0 spiro atoms. The van der Waals surface area contributed by atoms with Gasteiger partial charge >= 0.3 is 5.97 Å². The van der Waals surface area contributed by atoms with Gasteiger partial charge in [0.05, 0.1) is 25.5 Å². The molecule has 0 unspecified atom stereocenters. The van der Waals surface area contributed by atoms with Crippen molar-refractivity contribution in [1.82, 2.24) is 0 Å². The average molecular weight is 420 g/mol. The van der Waals surface area contributed by atoms with Crippen LogP contribution in [0.5, 0.6) is 5.75 Å². The van der Waals surface area contributed by atoms with Gasteiger partial charge in [-0.2, -0.15) is 0 Å². The molecule has 162 valence electrons. The molecule has 5 nitrogen and oxygen atoms in total. The van der Waals surface area contributed by atoms with Crippen LogP contribution in [-0.4, -0.2) is 31.2 Å². The van der Waals surface area contributed by atoms with Crippen LogP contribution in [0.15, 0.2) is 47.5 Å². The molecule has 0 radical (unpaired) electrons. The highest BCUT2D eigenvalue weighted by Gasteiger charge is 2.52. The Balaban J connectivity index is 1.52. The second kappa shape index (κ2) is 7.70. The fraction of sp³-hybridized carbons (Fsp3) is 0.462. The van der Waals surface area contributed by atoms with Crippen LogP contribution >= 0.6 is 0 Å². The Bertz CT molecular complexity index is 989. The molecule has 4 aliphatic carbocycles. The van der Waals surface area contributed by atoms with Gasteiger partial charge in [0.15, 0.2) is 0 Å². The SMILES string of the molecule is COC(=Nc1ccc(C(=O)O)cc1)c1ccc(OC)c(C23CC4CC(CC(C4)C2)C3)c1. The lowest BCUT2D eigenvalue weighted by Crippen LogP contribution is -2.48. The lowest BCUT2D eigenvalue weighted by molar-refractivity contribution is -0.00616. The molecule has 2 aromatic carbocycles. The molecule has 4 saturated carbocycles. The molecule has 31 heavy (non-hydrogen) atoms. The molecule has 2 aromatic rings. The molecule has 5 heteroatoms. The summed E-state index contributed by atoms with van der Waals surface area (Å²) in [6.07, 6.45) is 7.98. The number of aromatic carboxylic acids is 1. The molecular weight excluding hydrogens is 390 g/mol. The van der Waals surface area contributed by atoms with E-state index in [1.165, 1.54) is 44.1 Å². The maximum atomic E-state index is 11.1. The van der Waals surface area contributed by atoms with E-state index in [4.69, 9.17) is 14.6 Å². The van der Waals surface area contributed by atoms with Crippen molar-refractivity contribution < 1.29 is 19.4 Å². The Kier molecular flexibility index (Phi) is 4.99. The summed E-state index contributed by atoms with van der Waals surface area (Å²) in [5.41, 5.74) is 3.34. The molecule has 0 aliphatic heterocycles. The van der Waals surface area contributed by atoms with Crippen molar-refractivity contribution in [2.24, 2.45) is 22.7 Å². The van der Waals surface area contributed by atoms with Crippen molar-refractivity contribution in [2.45, 2.75) is 43.9 Å². The first-order chi connectivity index (χ1) is 15.0. The van der Waals surface area contributed by atoms with E-state index in [-0.39, 0.29) is 11.0 Å². The number of carbonyl (C=O) groups is 1. The smallest absolute Gasteiger partial charge is 0.335 e. The third-order valence-electron chi connectivity index (χ3n) is 7.59. The number of rotatable bonds is 5. The van der Waals surface area contributed by atoms with Crippen LogP contribution in [0.3, 0.4) is 0 Å². The molecule has 4 fully saturated rings. The minimum atomic E-state index is -0.946. The van der Waals surface area contributed by atoms with Gasteiger partial charge in [-0.25, -0.2) is 9.79 Å². The summed E-state index contributed by atoms with van der Waals surface area (Å²) in [5, 5.41) is 9.11. The van der Waals surface area contributed by atoms with E-state index in [2.05, 4.69) is 11.1 Å². The van der Waals surface area contributed by atoms with Crippen molar-refractivity contribution in [3.63, 3.8) is 0 Å². The van der Waals surface area contributed by atoms with E-state index in [9.17, 15) is 4.79 Å². The zero-order chi connectivity index (χ0) is 21.6. The number of aliphatic imine (C=N–C) groups is 1. The molecule has 4 aliphatic rings. The molecular formula is C26H29NO4. The number of nitrogens with zero attached hydrogens (tertiary/aromatic N) is 1. The van der Waals surface area contributed by atoms with Crippen LogP contribution in [-0.2, 0) is 10.2 Å². The highest BCUT2D eigenvalue weighted by molar-refractivity contribution is 5.96. The Morgan fingerprint density at radius 2 is 1.52 bits per heavy atom. The molecule has 0 amide bonds. The first-order valence-electron chi connectivity index (χ1n) is 11.1. The van der Waals surface area contributed by atoms with Gasteiger partial charge in [-0.05, 0) is 104 Å². The summed E-state index contributed by atoms with van der Waals surface area (Å²) in [5.74, 6) is 3.09. The van der Waals surface area contributed by atoms with Gasteiger partial charge in [-0.1, -0.05) is 0 Å². The quantitative estimate of drug-likeness (QED) is 0.507. The lowest BCUT2D eigenvalue weighted by atomic mass is 9.48. The molecule has 4 bridgehead atoms. The first-order valence-corrected chi connectivity index (χ1v) is 11.1. The normalized spacial score (nSPS) is 29.1. The van der Waals surface area contributed by atoms with E-state index in [1.54, 1.807) is 38.5 Å². The average Bonchev–Trinajstić information content (AvgIpc) is 2.76. The summed E-state index contributed by atoms with van der Waals surface area (Å²) >= 11 is 0. The van der Waals surface area contributed by atoms with Crippen molar-refractivity contribution in [3.05, 3.63) is 59.2 Å². The molecule has 0 saturated heterocycles. The van der Waals surface area contributed by atoms with Gasteiger partial charge in [0.25, 0.3) is 0 Å². The topological polar surface area (TPSA) is 68.1 Å². The van der Waals surface area contributed by atoms with E-state index >= 15 is 0 Å². The third kappa shape index (κ3) is 3.60. The third-order valence-corrected chi connectivity index (χ3v) is 7.59. The van der Waals surface area contributed by atoms with Crippen molar-refractivity contribution in [1.29, 1.82) is 0 Å². The Morgan fingerprint density at radius 3 is 2.03 bits per heavy atom. The van der Waals surface area contributed by atoms with Gasteiger partial charge in [0.2, 0.25) is 5.90 Å². The Labute approximate surface area is 183 Å². The van der Waals surface area contributed by atoms with Crippen molar-refractivity contribution in [2.75, 3.05) is 14.2 Å². The number of methoxy groups -OCH3 is 2. The van der Waals surface area contributed by atoms with Crippen LogP contribution in [0.2, 0.25) is 0 Å². The van der Waals surface area contributed by atoms with Gasteiger partial charge < -0.3 is 14.6 Å². The molecule has 0 aromatic heterocycles. The van der Waals surface area contributed by atoms with E-state index in [1.807, 2.05) is 12.1 Å². The number of hydrogen-bond acceptors (Lipinski definition) is 4. The van der Waals surface area contributed by atoms with Crippen LogP contribution in [0.1, 0.15) is 60.0 Å². The van der Waals surface area contributed by atoms with Gasteiger partial charge in [0.1, 0.15) is 5.75 Å². The summed E-state index contributed by atoms with van der Waals surface area (Å²) in [6.45, 7) is 0. The maximum absolute atomic E-state index is 11.1. The van der Waals surface area contributed by atoms with Crippen LogP contribution in [0, 0.1) is 17.8 Å². The maximum Gasteiger partial charge on any atom is 0.335 e. The first kappa shape index (κ1) is 20.1. The second-order valence-electron chi connectivity index (χ2n) is 9.59. The standard InChI is InChI=1S/C26H29NO4/c1-30-23-8-5-20(24(31-2)27-21-6-3-19(4-7-21)25(28)29)12-22(23)26-13-16-9-17(14-26)11-18(10-16)15-26/h3-8,12,16-18H,9-11,13-15H2,1-2H3,(H,28,29). The minimum absolute atomic E-state index is 0.206. The zero-order valence-corrected chi connectivity index (χ0v) is 18.1. The highest BCUT2D eigenvalue weighted by atomic mass is 16.5. The van der Waals surface area contributed by atoms with Crippen LogP contribution in [0.4, 0.5) is 5.69 Å². The number of ether oxygens (including phenoxy) is 2. The van der Waals surface area contributed by atoms with E-state index in [0.29, 0.717) is 11.6 Å². The zero-order valence-electron chi connectivity index (χ0n) is 18.1. The fourth-order valence-corrected chi connectivity index (χ4v) is 6.72. The minimum Gasteiger partial charge on any atom is -0.496 e. The van der Waals surface area contributed by atoms with Crippen molar-refractivity contribution in [3.8, 4) is 5.75 Å². The Hall–Kier alpha value is -2.82. The van der Waals surface area contributed by atoms with Gasteiger partial charge in [-0.3, -0.25) is 0 Å². The van der Waals surface area contributed by atoms with Gasteiger partial charge in [0, 0.05) is 11.1 Å². The van der Waals surface area contributed by atoms with Gasteiger partial charge in [-0.15, -0.1) is 0 Å². The number of carboxylic acid groups (broad SMARTS) is 1. The molecule has 0 heterocycles. The van der Waals surface area contributed by atoms with Crippen LogP contribution in [0.25, 0.3) is 0 Å². The molecule has 1 N–H and O–H groups in total. The second-order valence-corrected chi connectivity index (χ2v) is 9.59. The monoisotopic (exact) mass is 419 g/mol.